The van der Waals surface area contributed by atoms with Gasteiger partial charge in [-0.25, -0.2) is 0 Å². The van der Waals surface area contributed by atoms with E-state index in [1.54, 1.807) is 21.3 Å². The first-order chi connectivity index (χ1) is 16.1. The largest absolute Gasteiger partial charge is 0.497 e. The summed E-state index contributed by atoms with van der Waals surface area (Å²) >= 11 is 0. The molecule has 1 amide bonds. The number of para-hydroxylation sites is 2. The van der Waals surface area contributed by atoms with Crippen LogP contribution < -0.4 is 19.5 Å². The summed E-state index contributed by atoms with van der Waals surface area (Å²) in [6, 6.07) is 22.8. The molecule has 3 aromatic rings. The molecule has 0 heterocycles. The van der Waals surface area contributed by atoms with Crippen molar-refractivity contribution in [2.75, 3.05) is 21.3 Å². The molecule has 0 bridgehead atoms. The molecule has 0 aliphatic carbocycles. The third kappa shape index (κ3) is 5.86. The Morgan fingerprint density at radius 1 is 0.788 bits per heavy atom. The van der Waals surface area contributed by atoms with Crippen molar-refractivity contribution >= 4 is 5.91 Å². The van der Waals surface area contributed by atoms with E-state index in [4.69, 9.17) is 14.2 Å². The van der Waals surface area contributed by atoms with Crippen molar-refractivity contribution in [1.29, 1.82) is 0 Å². The quantitative estimate of drug-likeness (QED) is 0.398. The van der Waals surface area contributed by atoms with Gasteiger partial charge in [0.05, 0.1) is 33.3 Å². The Kier molecular flexibility index (Phi) is 8.76. The third-order valence-electron chi connectivity index (χ3n) is 5.87. The van der Waals surface area contributed by atoms with Gasteiger partial charge in [-0.05, 0) is 36.2 Å². The van der Waals surface area contributed by atoms with Crippen molar-refractivity contribution in [1.82, 2.24) is 5.32 Å². The van der Waals surface area contributed by atoms with Crippen molar-refractivity contribution < 1.29 is 19.0 Å². The molecule has 0 fully saturated rings. The van der Waals surface area contributed by atoms with Gasteiger partial charge in [0.25, 0.3) is 0 Å². The number of hydrogen-bond donors (Lipinski definition) is 1. The van der Waals surface area contributed by atoms with Gasteiger partial charge in [-0.15, -0.1) is 0 Å². The maximum Gasteiger partial charge on any atom is 0.228 e. The number of rotatable bonds is 11. The van der Waals surface area contributed by atoms with E-state index < -0.39 is 6.04 Å². The molecule has 5 nitrogen and oxygen atoms in total. The molecule has 0 saturated heterocycles. The van der Waals surface area contributed by atoms with E-state index in [9.17, 15) is 4.79 Å². The minimum atomic E-state index is -0.424. The molecule has 0 spiro atoms. The van der Waals surface area contributed by atoms with Crippen molar-refractivity contribution in [3.05, 3.63) is 89.5 Å². The third-order valence-corrected chi connectivity index (χ3v) is 5.87. The summed E-state index contributed by atoms with van der Waals surface area (Å²) in [6.45, 7) is 2.13. The van der Waals surface area contributed by atoms with Crippen molar-refractivity contribution in [3.8, 4) is 17.2 Å². The van der Waals surface area contributed by atoms with Gasteiger partial charge < -0.3 is 19.5 Å². The Labute approximate surface area is 196 Å². The summed E-state index contributed by atoms with van der Waals surface area (Å²) < 4.78 is 16.6. The average Bonchev–Trinajstić information content (AvgIpc) is 2.87. The summed E-state index contributed by atoms with van der Waals surface area (Å²) in [6.07, 6.45) is 2.74. The lowest BCUT2D eigenvalue weighted by atomic mass is 9.90. The number of nitrogens with one attached hydrogen (secondary N) is 1. The first-order valence-corrected chi connectivity index (χ1v) is 11.3. The van der Waals surface area contributed by atoms with E-state index in [0.29, 0.717) is 11.5 Å². The van der Waals surface area contributed by atoms with Gasteiger partial charge in [-0.1, -0.05) is 68.3 Å². The Balaban J connectivity index is 2.01. The summed E-state index contributed by atoms with van der Waals surface area (Å²) in [5.41, 5.74) is 2.73. The maximum absolute atomic E-state index is 13.7. The van der Waals surface area contributed by atoms with Crippen LogP contribution in [0.5, 0.6) is 17.2 Å². The molecule has 3 aromatic carbocycles. The topological polar surface area (TPSA) is 56.8 Å². The molecular weight excluding hydrogens is 414 g/mol. The van der Waals surface area contributed by atoms with Gasteiger partial charge in [0, 0.05) is 11.1 Å². The second kappa shape index (κ2) is 12.0. The minimum Gasteiger partial charge on any atom is -0.497 e. The van der Waals surface area contributed by atoms with E-state index in [2.05, 4.69) is 12.2 Å². The molecule has 1 N–H and O–H groups in total. The van der Waals surface area contributed by atoms with Crippen molar-refractivity contribution in [2.45, 2.75) is 38.1 Å². The molecule has 3 rings (SSSR count). The second-order valence-electron chi connectivity index (χ2n) is 7.89. The zero-order valence-corrected chi connectivity index (χ0v) is 19.8. The number of amides is 1. The lowest BCUT2D eigenvalue weighted by Gasteiger charge is -2.26. The second-order valence-corrected chi connectivity index (χ2v) is 7.89. The van der Waals surface area contributed by atoms with Crippen LogP contribution in [-0.4, -0.2) is 27.2 Å². The number of hydrogen-bond acceptors (Lipinski definition) is 4. The monoisotopic (exact) mass is 447 g/mol. The van der Waals surface area contributed by atoms with Crippen LogP contribution in [0.1, 0.15) is 54.8 Å². The molecule has 5 heteroatoms. The SMILES string of the molecule is CCCCC(C(=O)NC(c1ccccc1OC)c1ccccc1OC)c1ccc(OC)cc1. The Morgan fingerprint density at radius 3 is 1.82 bits per heavy atom. The van der Waals surface area contributed by atoms with Gasteiger partial charge in [-0.3, -0.25) is 4.79 Å². The number of ether oxygens (including phenoxy) is 3. The Morgan fingerprint density at radius 2 is 1.33 bits per heavy atom. The van der Waals surface area contributed by atoms with Gasteiger partial charge in [0.1, 0.15) is 17.2 Å². The van der Waals surface area contributed by atoms with Gasteiger partial charge in [0.2, 0.25) is 5.91 Å². The van der Waals surface area contributed by atoms with Gasteiger partial charge >= 0.3 is 0 Å². The van der Waals surface area contributed by atoms with Crippen LogP contribution in [0.4, 0.5) is 0 Å². The maximum atomic E-state index is 13.7. The number of unbranched alkanes of at least 4 members (excludes halogenated alkanes) is 1. The molecule has 33 heavy (non-hydrogen) atoms. The summed E-state index contributed by atoms with van der Waals surface area (Å²) in [5, 5.41) is 3.30. The highest BCUT2D eigenvalue weighted by Crippen LogP contribution is 2.36. The van der Waals surface area contributed by atoms with Gasteiger partial charge in [-0.2, -0.15) is 0 Å². The summed E-state index contributed by atoms with van der Waals surface area (Å²) in [7, 11) is 4.92. The molecule has 174 valence electrons. The van der Waals surface area contributed by atoms with Crippen LogP contribution in [0.3, 0.4) is 0 Å². The first-order valence-electron chi connectivity index (χ1n) is 11.3. The molecule has 0 saturated carbocycles. The van der Waals surface area contributed by atoms with E-state index in [-0.39, 0.29) is 11.8 Å². The average molecular weight is 448 g/mol. The lowest BCUT2D eigenvalue weighted by molar-refractivity contribution is -0.123. The zero-order valence-electron chi connectivity index (χ0n) is 19.8. The lowest BCUT2D eigenvalue weighted by Crippen LogP contribution is -2.34. The minimum absolute atomic E-state index is 0.0320. The molecule has 0 aromatic heterocycles. The Hall–Kier alpha value is -3.47. The summed E-state index contributed by atoms with van der Waals surface area (Å²) in [5.74, 6) is 1.89. The van der Waals surface area contributed by atoms with Crippen molar-refractivity contribution in [3.63, 3.8) is 0 Å². The van der Waals surface area contributed by atoms with E-state index in [1.165, 1.54) is 0 Å². The van der Waals surface area contributed by atoms with Crippen LogP contribution >= 0.6 is 0 Å². The molecule has 0 radical (unpaired) electrons. The number of benzene rings is 3. The molecule has 0 aliphatic rings. The standard InChI is InChI=1S/C28H33NO4/c1-5-6-11-22(20-16-18-21(31-2)19-17-20)28(30)29-27(23-12-7-9-14-25(23)32-3)24-13-8-10-15-26(24)33-4/h7-10,12-19,22,27H,5-6,11H2,1-4H3,(H,29,30). The fourth-order valence-electron chi connectivity index (χ4n) is 4.07. The number of methoxy groups -OCH3 is 3. The molecular formula is C28H33NO4. The van der Waals surface area contributed by atoms with Crippen LogP contribution in [0.15, 0.2) is 72.8 Å². The van der Waals surface area contributed by atoms with Crippen LogP contribution in [-0.2, 0) is 4.79 Å². The normalized spacial score (nSPS) is 11.7. The molecule has 1 unspecified atom stereocenters. The van der Waals surface area contributed by atoms with Crippen LogP contribution in [0, 0.1) is 0 Å². The molecule has 1 atom stereocenters. The predicted octanol–water partition coefficient (Wildman–Crippen LogP) is 5.89. The van der Waals surface area contributed by atoms with Crippen molar-refractivity contribution in [2.24, 2.45) is 0 Å². The fraction of sp³-hybridized carbons (Fsp3) is 0.321. The highest BCUT2D eigenvalue weighted by Gasteiger charge is 2.27. The molecule has 0 aliphatic heterocycles. The van der Waals surface area contributed by atoms with Gasteiger partial charge in [0.15, 0.2) is 0 Å². The Bertz CT molecular complexity index is 985. The highest BCUT2D eigenvalue weighted by atomic mass is 16.5. The number of carbonyl (C=O) groups excluding carboxylic acids is 1. The summed E-state index contributed by atoms with van der Waals surface area (Å²) in [4.78, 5) is 13.7. The highest BCUT2D eigenvalue weighted by molar-refractivity contribution is 5.84. The first kappa shape index (κ1) is 24.2. The van der Waals surface area contributed by atoms with E-state index >= 15 is 0 Å². The number of carbonyl (C=O) groups is 1. The fourth-order valence-corrected chi connectivity index (χ4v) is 4.07. The smallest absolute Gasteiger partial charge is 0.228 e. The van der Waals surface area contributed by atoms with Crippen LogP contribution in [0.2, 0.25) is 0 Å². The zero-order chi connectivity index (χ0) is 23.6. The van der Waals surface area contributed by atoms with E-state index in [0.717, 1.165) is 41.7 Å². The van der Waals surface area contributed by atoms with E-state index in [1.807, 2.05) is 72.8 Å². The van der Waals surface area contributed by atoms with Crippen LogP contribution in [0.25, 0.3) is 0 Å². The predicted molar refractivity (Wildman–Crippen MR) is 131 cm³/mol.